The monoisotopic (exact) mass is 306 g/mol. The second-order valence-corrected chi connectivity index (χ2v) is 9.79. The largest absolute Gasteiger partial charge is 0.393 e. The molecule has 3 unspecified atom stereocenters. The first-order valence-corrected chi connectivity index (χ1v) is 10.5. The number of sulfone groups is 1. The van der Waals surface area contributed by atoms with E-state index < -0.39 is 9.84 Å². The minimum atomic E-state index is -2.94. The topological polar surface area (TPSA) is 54.4 Å². The van der Waals surface area contributed by atoms with E-state index in [0.29, 0.717) is 12.3 Å². The Bertz CT molecular complexity index is 374. The predicted molar refractivity (Wildman–Crippen MR) is 81.3 cm³/mol. The molecule has 5 heteroatoms. The highest BCUT2D eigenvalue weighted by molar-refractivity contribution is 7.99. The number of hydrogen-bond acceptors (Lipinski definition) is 4. The van der Waals surface area contributed by atoms with E-state index in [1.807, 2.05) is 11.8 Å². The standard InChI is InChI=1S/C14H26O3S2/c1-19(16,17)13-4-2-3-12(10-13)14(15)9-11-5-7-18-8-6-11/h11-15H,2-10H2,1H3. The number of rotatable bonds is 4. The van der Waals surface area contributed by atoms with Gasteiger partial charge in [0.05, 0.1) is 11.4 Å². The Morgan fingerprint density at radius 2 is 1.89 bits per heavy atom. The van der Waals surface area contributed by atoms with E-state index >= 15 is 0 Å². The molecule has 2 fully saturated rings. The molecular formula is C14H26O3S2. The van der Waals surface area contributed by atoms with E-state index in [1.54, 1.807) is 0 Å². The van der Waals surface area contributed by atoms with Crippen LogP contribution in [0, 0.1) is 11.8 Å². The van der Waals surface area contributed by atoms with Crippen LogP contribution in [0.5, 0.6) is 0 Å². The molecule has 0 amide bonds. The second-order valence-electron chi connectivity index (χ2n) is 6.24. The third kappa shape index (κ3) is 4.64. The average molecular weight is 306 g/mol. The van der Waals surface area contributed by atoms with Crippen molar-refractivity contribution in [1.82, 2.24) is 0 Å². The molecule has 0 spiro atoms. The molecule has 1 aliphatic heterocycles. The van der Waals surface area contributed by atoms with Crippen LogP contribution in [0.2, 0.25) is 0 Å². The van der Waals surface area contributed by atoms with Crippen molar-refractivity contribution >= 4 is 21.6 Å². The van der Waals surface area contributed by atoms with Crippen molar-refractivity contribution in [3.8, 4) is 0 Å². The molecule has 1 aliphatic carbocycles. The van der Waals surface area contributed by atoms with E-state index in [9.17, 15) is 13.5 Å². The predicted octanol–water partition coefficient (Wildman–Crippen LogP) is 2.48. The van der Waals surface area contributed by atoms with E-state index in [-0.39, 0.29) is 17.3 Å². The lowest BCUT2D eigenvalue weighted by atomic mass is 9.81. The average Bonchev–Trinajstić information content (AvgIpc) is 2.39. The first kappa shape index (κ1) is 15.6. The molecule has 1 heterocycles. The summed E-state index contributed by atoms with van der Waals surface area (Å²) in [5, 5.41) is 10.2. The molecule has 0 bridgehead atoms. The first-order valence-electron chi connectivity index (χ1n) is 7.41. The van der Waals surface area contributed by atoms with Crippen molar-refractivity contribution in [3.05, 3.63) is 0 Å². The maximum atomic E-state index is 11.7. The van der Waals surface area contributed by atoms with Crippen molar-refractivity contribution in [3.63, 3.8) is 0 Å². The van der Waals surface area contributed by atoms with E-state index in [2.05, 4.69) is 0 Å². The molecule has 2 rings (SSSR count). The maximum absolute atomic E-state index is 11.7. The summed E-state index contributed by atoms with van der Waals surface area (Å²) in [4.78, 5) is 0. The minimum Gasteiger partial charge on any atom is -0.393 e. The molecule has 19 heavy (non-hydrogen) atoms. The summed E-state index contributed by atoms with van der Waals surface area (Å²) < 4.78 is 23.3. The SMILES string of the molecule is CS(=O)(=O)C1CCCC(C(O)CC2CCSCC2)C1. The van der Waals surface area contributed by atoms with Gasteiger partial charge in [-0.2, -0.15) is 11.8 Å². The van der Waals surface area contributed by atoms with Gasteiger partial charge in [-0.15, -0.1) is 0 Å². The van der Waals surface area contributed by atoms with Crippen LogP contribution < -0.4 is 0 Å². The highest BCUT2D eigenvalue weighted by Gasteiger charge is 2.33. The number of aliphatic hydroxyl groups excluding tert-OH is 1. The Balaban J connectivity index is 1.86. The molecule has 0 aromatic heterocycles. The van der Waals surface area contributed by atoms with Gasteiger partial charge in [0, 0.05) is 6.26 Å². The molecular weight excluding hydrogens is 280 g/mol. The van der Waals surface area contributed by atoms with Gasteiger partial charge in [-0.05, 0) is 61.9 Å². The highest BCUT2D eigenvalue weighted by atomic mass is 32.2. The van der Waals surface area contributed by atoms with Gasteiger partial charge in [-0.25, -0.2) is 8.42 Å². The lowest BCUT2D eigenvalue weighted by Gasteiger charge is -2.33. The molecule has 0 radical (unpaired) electrons. The Kier molecular flexibility index (Phi) is 5.61. The molecule has 0 aromatic carbocycles. The van der Waals surface area contributed by atoms with Crippen molar-refractivity contribution in [2.24, 2.45) is 11.8 Å². The van der Waals surface area contributed by atoms with Crippen LogP contribution in [0.25, 0.3) is 0 Å². The summed E-state index contributed by atoms with van der Waals surface area (Å²) >= 11 is 2.00. The molecule has 3 nitrogen and oxygen atoms in total. The quantitative estimate of drug-likeness (QED) is 0.867. The van der Waals surface area contributed by atoms with E-state index in [0.717, 1.165) is 25.7 Å². The highest BCUT2D eigenvalue weighted by Crippen LogP contribution is 2.34. The third-order valence-corrected chi connectivity index (χ3v) is 7.42. The summed E-state index contributed by atoms with van der Waals surface area (Å²) in [5.74, 6) is 3.28. The lowest BCUT2D eigenvalue weighted by molar-refractivity contribution is 0.0616. The normalized spacial score (nSPS) is 32.1. The van der Waals surface area contributed by atoms with Gasteiger partial charge < -0.3 is 5.11 Å². The maximum Gasteiger partial charge on any atom is 0.150 e. The molecule has 0 aromatic rings. The summed E-state index contributed by atoms with van der Waals surface area (Å²) in [6.45, 7) is 0. The molecule has 1 saturated heterocycles. The van der Waals surface area contributed by atoms with Crippen LogP contribution >= 0.6 is 11.8 Å². The summed E-state index contributed by atoms with van der Waals surface area (Å²) in [5.41, 5.74) is 0. The van der Waals surface area contributed by atoms with Crippen LogP contribution in [-0.2, 0) is 9.84 Å². The molecule has 1 N–H and O–H groups in total. The van der Waals surface area contributed by atoms with Gasteiger partial charge in [-0.3, -0.25) is 0 Å². The first-order chi connectivity index (χ1) is 8.97. The van der Waals surface area contributed by atoms with Gasteiger partial charge in [0.1, 0.15) is 9.84 Å². The van der Waals surface area contributed by atoms with Gasteiger partial charge in [0.15, 0.2) is 0 Å². The Hall–Kier alpha value is 0.260. The van der Waals surface area contributed by atoms with E-state index in [4.69, 9.17) is 0 Å². The second kappa shape index (κ2) is 6.81. The van der Waals surface area contributed by atoms with Crippen LogP contribution in [-0.4, -0.2) is 42.6 Å². The Morgan fingerprint density at radius 1 is 1.21 bits per heavy atom. The van der Waals surface area contributed by atoms with Gasteiger partial charge >= 0.3 is 0 Å². The smallest absolute Gasteiger partial charge is 0.150 e. The van der Waals surface area contributed by atoms with Gasteiger partial charge in [0.25, 0.3) is 0 Å². The molecule has 2 aliphatic rings. The minimum absolute atomic E-state index is 0.197. The zero-order valence-corrected chi connectivity index (χ0v) is 13.4. The van der Waals surface area contributed by atoms with Crippen molar-refractivity contribution in [1.29, 1.82) is 0 Å². The van der Waals surface area contributed by atoms with Crippen LogP contribution in [0.1, 0.15) is 44.9 Å². The lowest BCUT2D eigenvalue weighted by Crippen LogP contribution is -2.34. The van der Waals surface area contributed by atoms with Crippen LogP contribution in [0.3, 0.4) is 0 Å². The molecule has 112 valence electrons. The van der Waals surface area contributed by atoms with Gasteiger partial charge in [-0.1, -0.05) is 6.42 Å². The van der Waals surface area contributed by atoms with Crippen molar-refractivity contribution < 1.29 is 13.5 Å². The van der Waals surface area contributed by atoms with E-state index in [1.165, 1.54) is 30.6 Å². The number of thioether (sulfide) groups is 1. The fraction of sp³-hybridized carbons (Fsp3) is 1.00. The molecule has 3 atom stereocenters. The third-order valence-electron chi connectivity index (χ3n) is 4.73. The Morgan fingerprint density at radius 3 is 2.53 bits per heavy atom. The number of aliphatic hydroxyl groups is 1. The number of hydrogen-bond donors (Lipinski definition) is 1. The summed E-state index contributed by atoms with van der Waals surface area (Å²) in [6, 6.07) is 0. The van der Waals surface area contributed by atoms with Crippen LogP contribution in [0.4, 0.5) is 0 Å². The summed E-state index contributed by atoms with van der Waals surface area (Å²) in [6.07, 6.45) is 7.73. The molecule has 1 saturated carbocycles. The summed E-state index contributed by atoms with van der Waals surface area (Å²) in [7, 11) is -2.94. The van der Waals surface area contributed by atoms with Gasteiger partial charge in [0.2, 0.25) is 0 Å². The van der Waals surface area contributed by atoms with Crippen LogP contribution in [0.15, 0.2) is 0 Å². The van der Waals surface area contributed by atoms with Crippen molar-refractivity contribution in [2.45, 2.75) is 56.3 Å². The van der Waals surface area contributed by atoms with Crippen molar-refractivity contribution in [2.75, 3.05) is 17.8 Å². The zero-order chi connectivity index (χ0) is 13.9. The fourth-order valence-electron chi connectivity index (χ4n) is 3.44. The fourth-order valence-corrected chi connectivity index (χ4v) is 5.83. The Labute approximate surface area is 121 Å². The zero-order valence-electron chi connectivity index (χ0n) is 11.8.